The van der Waals surface area contributed by atoms with Gasteiger partial charge in [0.05, 0.1) is 11.0 Å². The second-order valence-electron chi connectivity index (χ2n) is 3.18. The van der Waals surface area contributed by atoms with Crippen LogP contribution in [0.2, 0.25) is 0 Å². The fourth-order valence-corrected chi connectivity index (χ4v) is 1.51. The second-order valence-corrected chi connectivity index (χ2v) is 3.18. The first-order valence-electron chi connectivity index (χ1n) is 4.27. The minimum atomic E-state index is -3.64. The number of nitriles is 1. The van der Waals surface area contributed by atoms with Crippen molar-refractivity contribution in [3.63, 3.8) is 0 Å². The van der Waals surface area contributed by atoms with E-state index in [1.165, 1.54) is 12.1 Å². The minimum Gasteiger partial charge on any atom is -0.395 e. The van der Waals surface area contributed by atoms with E-state index in [9.17, 15) is 8.78 Å². The summed E-state index contributed by atoms with van der Waals surface area (Å²) in [6.07, 6.45) is -3.64. The Kier molecular flexibility index (Phi) is 1.45. The predicted molar refractivity (Wildman–Crippen MR) is 47.0 cm³/mol. The summed E-state index contributed by atoms with van der Waals surface area (Å²) in [6, 6.07) is 4.42. The molecular formula is C9H3F2N3O2. The van der Waals surface area contributed by atoms with E-state index in [-0.39, 0.29) is 17.3 Å². The Labute approximate surface area is 87.2 Å². The van der Waals surface area contributed by atoms with Gasteiger partial charge in [-0.25, -0.2) is 4.98 Å². The van der Waals surface area contributed by atoms with Gasteiger partial charge in [0.15, 0.2) is 11.5 Å². The van der Waals surface area contributed by atoms with Crippen molar-refractivity contribution in [2.75, 3.05) is 0 Å². The van der Waals surface area contributed by atoms with Gasteiger partial charge < -0.3 is 14.5 Å². The third kappa shape index (κ3) is 1.16. The second kappa shape index (κ2) is 2.61. The van der Waals surface area contributed by atoms with Crippen molar-refractivity contribution >= 4 is 11.0 Å². The van der Waals surface area contributed by atoms with Gasteiger partial charge in [-0.2, -0.15) is 5.26 Å². The van der Waals surface area contributed by atoms with Gasteiger partial charge in [-0.1, -0.05) is 0 Å². The molecule has 2 aromatic rings. The standard InChI is InChI=1S/C9H3F2N3O2/c10-9(11)15-6-1-4-5(2-7(6)16-9)14-8(3-12)13-4/h1-2H,(H,13,14). The summed E-state index contributed by atoms with van der Waals surface area (Å²) in [4.78, 5) is 6.51. The largest absolute Gasteiger partial charge is 0.586 e. The maximum atomic E-state index is 12.7. The third-order valence-electron chi connectivity index (χ3n) is 2.11. The maximum absolute atomic E-state index is 12.7. The summed E-state index contributed by atoms with van der Waals surface area (Å²) in [7, 11) is 0. The lowest BCUT2D eigenvalue weighted by Crippen LogP contribution is -2.25. The highest BCUT2D eigenvalue weighted by atomic mass is 19.3. The molecule has 0 unspecified atom stereocenters. The summed E-state index contributed by atoms with van der Waals surface area (Å²) >= 11 is 0. The van der Waals surface area contributed by atoms with E-state index < -0.39 is 6.29 Å². The molecule has 16 heavy (non-hydrogen) atoms. The molecule has 1 aromatic carbocycles. The quantitative estimate of drug-likeness (QED) is 0.738. The molecule has 1 aliphatic heterocycles. The van der Waals surface area contributed by atoms with E-state index in [0.717, 1.165) is 0 Å². The first-order chi connectivity index (χ1) is 7.57. The molecule has 0 bridgehead atoms. The molecule has 0 saturated heterocycles. The summed E-state index contributed by atoms with van der Waals surface area (Å²) in [5.74, 6) is -0.0652. The Morgan fingerprint density at radius 3 is 2.69 bits per heavy atom. The minimum absolute atomic E-state index is 0.0781. The van der Waals surface area contributed by atoms with Crippen LogP contribution in [0.15, 0.2) is 12.1 Å². The number of nitrogens with one attached hydrogen (secondary N) is 1. The average molecular weight is 223 g/mol. The van der Waals surface area contributed by atoms with Crippen molar-refractivity contribution < 1.29 is 18.3 Å². The summed E-state index contributed by atoms with van der Waals surface area (Å²) in [6.45, 7) is 0. The van der Waals surface area contributed by atoms with Gasteiger partial charge in [-0.15, -0.1) is 8.78 Å². The number of aromatic nitrogens is 2. The molecular weight excluding hydrogens is 220 g/mol. The smallest absolute Gasteiger partial charge is 0.395 e. The van der Waals surface area contributed by atoms with Gasteiger partial charge in [0.25, 0.3) is 0 Å². The molecule has 3 rings (SSSR count). The van der Waals surface area contributed by atoms with Gasteiger partial charge in [-0.3, -0.25) is 0 Å². The molecule has 0 amide bonds. The van der Waals surface area contributed by atoms with Gasteiger partial charge in [0, 0.05) is 12.1 Å². The number of nitrogens with zero attached hydrogens (tertiary/aromatic N) is 2. The number of aromatic amines is 1. The Morgan fingerprint density at radius 1 is 1.31 bits per heavy atom. The zero-order valence-electron chi connectivity index (χ0n) is 7.62. The number of fused-ring (bicyclic) bond motifs is 2. The fourth-order valence-electron chi connectivity index (χ4n) is 1.51. The highest BCUT2D eigenvalue weighted by molar-refractivity contribution is 5.80. The van der Waals surface area contributed by atoms with E-state index in [1.54, 1.807) is 0 Å². The first kappa shape index (κ1) is 8.91. The van der Waals surface area contributed by atoms with Crippen LogP contribution in [0, 0.1) is 11.3 Å². The number of alkyl halides is 2. The molecule has 0 aliphatic carbocycles. The Bertz CT molecular complexity index is 584. The number of ether oxygens (including phenoxy) is 2. The van der Waals surface area contributed by atoms with E-state index in [1.807, 2.05) is 6.07 Å². The molecule has 0 spiro atoms. The first-order valence-corrected chi connectivity index (χ1v) is 4.27. The van der Waals surface area contributed by atoms with Crippen LogP contribution in [-0.4, -0.2) is 16.3 Å². The van der Waals surface area contributed by atoms with E-state index in [0.29, 0.717) is 11.0 Å². The van der Waals surface area contributed by atoms with Crippen LogP contribution < -0.4 is 9.47 Å². The lowest BCUT2D eigenvalue weighted by atomic mass is 10.3. The van der Waals surface area contributed by atoms with Crippen molar-refractivity contribution in [1.82, 2.24) is 9.97 Å². The molecule has 1 aliphatic rings. The number of rotatable bonds is 0. The number of H-pyrrole nitrogens is 1. The molecule has 1 aromatic heterocycles. The number of imidazole rings is 1. The van der Waals surface area contributed by atoms with E-state index in [4.69, 9.17) is 5.26 Å². The average Bonchev–Trinajstić information content (AvgIpc) is 2.70. The van der Waals surface area contributed by atoms with Crippen molar-refractivity contribution in [2.24, 2.45) is 0 Å². The molecule has 0 fully saturated rings. The zero-order valence-corrected chi connectivity index (χ0v) is 7.62. The van der Waals surface area contributed by atoms with Crippen LogP contribution in [0.25, 0.3) is 11.0 Å². The molecule has 1 N–H and O–H groups in total. The third-order valence-corrected chi connectivity index (χ3v) is 2.11. The molecule has 0 atom stereocenters. The number of hydrogen-bond donors (Lipinski definition) is 1. The Balaban J connectivity index is 2.19. The lowest BCUT2D eigenvalue weighted by Gasteiger charge is -2.04. The Hall–Kier alpha value is -2.36. The van der Waals surface area contributed by atoms with Crippen molar-refractivity contribution in [3.05, 3.63) is 18.0 Å². The van der Waals surface area contributed by atoms with Gasteiger partial charge in [0.1, 0.15) is 6.07 Å². The van der Waals surface area contributed by atoms with Gasteiger partial charge >= 0.3 is 6.29 Å². The lowest BCUT2D eigenvalue weighted by molar-refractivity contribution is -0.286. The van der Waals surface area contributed by atoms with Gasteiger partial charge in [-0.05, 0) is 0 Å². The highest BCUT2D eigenvalue weighted by Crippen LogP contribution is 2.42. The molecule has 2 heterocycles. The molecule has 0 saturated carbocycles. The number of halogens is 2. The van der Waals surface area contributed by atoms with E-state index in [2.05, 4.69) is 19.4 Å². The summed E-state index contributed by atoms with van der Waals surface area (Å²) < 4.78 is 33.9. The highest BCUT2D eigenvalue weighted by Gasteiger charge is 2.43. The maximum Gasteiger partial charge on any atom is 0.586 e. The summed E-state index contributed by atoms with van der Waals surface area (Å²) in [5.41, 5.74) is 0.813. The summed E-state index contributed by atoms with van der Waals surface area (Å²) in [5, 5.41) is 8.61. The fraction of sp³-hybridized carbons (Fsp3) is 0.111. The van der Waals surface area contributed by atoms with Crippen LogP contribution >= 0.6 is 0 Å². The molecule has 80 valence electrons. The molecule has 0 radical (unpaired) electrons. The van der Waals surface area contributed by atoms with E-state index >= 15 is 0 Å². The topological polar surface area (TPSA) is 70.9 Å². The van der Waals surface area contributed by atoms with Crippen LogP contribution in [0.1, 0.15) is 5.82 Å². The SMILES string of the molecule is N#Cc1nc2cc3c(cc2[nH]1)OC(F)(F)O3. The molecule has 7 heteroatoms. The molecule has 5 nitrogen and oxygen atoms in total. The number of benzene rings is 1. The van der Waals surface area contributed by atoms with Gasteiger partial charge in [0.2, 0.25) is 5.82 Å². The van der Waals surface area contributed by atoms with Crippen LogP contribution in [0.4, 0.5) is 8.78 Å². The normalized spacial score (nSPS) is 16.3. The van der Waals surface area contributed by atoms with Crippen molar-refractivity contribution in [3.8, 4) is 17.6 Å². The van der Waals surface area contributed by atoms with Crippen molar-refractivity contribution in [2.45, 2.75) is 6.29 Å². The van der Waals surface area contributed by atoms with Crippen LogP contribution in [0.3, 0.4) is 0 Å². The zero-order chi connectivity index (χ0) is 11.3. The predicted octanol–water partition coefficient (Wildman–Crippen LogP) is 1.76. The van der Waals surface area contributed by atoms with Crippen LogP contribution in [0.5, 0.6) is 11.5 Å². The van der Waals surface area contributed by atoms with Crippen molar-refractivity contribution in [1.29, 1.82) is 5.26 Å². The van der Waals surface area contributed by atoms with Crippen LogP contribution in [-0.2, 0) is 0 Å². The number of hydrogen-bond acceptors (Lipinski definition) is 4. The Morgan fingerprint density at radius 2 is 2.00 bits per heavy atom. The monoisotopic (exact) mass is 223 g/mol.